The predicted octanol–water partition coefficient (Wildman–Crippen LogP) is 1.87. The van der Waals surface area contributed by atoms with Crippen LogP contribution in [0.1, 0.15) is 46.5 Å². The summed E-state index contributed by atoms with van der Waals surface area (Å²) in [5.74, 6) is 1.67. The molecule has 0 unspecified atom stereocenters. The van der Waals surface area contributed by atoms with Crippen molar-refractivity contribution in [3.05, 3.63) is 41.0 Å². The second kappa shape index (κ2) is 5.20. The van der Waals surface area contributed by atoms with Crippen LogP contribution in [-0.4, -0.2) is 25.8 Å². The molecule has 0 atom stereocenters. The van der Waals surface area contributed by atoms with Crippen molar-refractivity contribution in [1.82, 2.24) is 20.1 Å². The Bertz CT molecular complexity index is 689. The first-order valence-corrected chi connectivity index (χ1v) is 7.04. The first-order valence-electron chi connectivity index (χ1n) is 7.04. The van der Waals surface area contributed by atoms with Crippen molar-refractivity contribution in [2.24, 2.45) is 0 Å². The van der Waals surface area contributed by atoms with E-state index in [4.69, 9.17) is 0 Å². The Morgan fingerprint density at radius 1 is 1.38 bits per heavy atom. The highest BCUT2D eigenvalue weighted by molar-refractivity contribution is 5.95. The van der Waals surface area contributed by atoms with Crippen LogP contribution in [0.15, 0.2) is 18.2 Å². The summed E-state index contributed by atoms with van der Waals surface area (Å²) in [5.41, 5.74) is 1.30. The maximum Gasteiger partial charge on any atom is 0.251 e. The number of carbonyl (C=O) groups is 1. The van der Waals surface area contributed by atoms with Crippen molar-refractivity contribution in [3.8, 4) is 5.75 Å². The summed E-state index contributed by atoms with van der Waals surface area (Å²) in [4.78, 5) is 12.2. The number of amides is 1. The van der Waals surface area contributed by atoms with Gasteiger partial charge in [-0.05, 0) is 50.5 Å². The van der Waals surface area contributed by atoms with Gasteiger partial charge in [-0.3, -0.25) is 4.79 Å². The molecule has 110 valence electrons. The highest BCUT2D eigenvalue weighted by atomic mass is 16.3. The maximum atomic E-state index is 12.2. The number of carbonyl (C=O) groups excluding carboxylic acids is 1. The van der Waals surface area contributed by atoms with E-state index in [1.807, 2.05) is 6.92 Å². The lowest BCUT2D eigenvalue weighted by Crippen LogP contribution is -2.25. The van der Waals surface area contributed by atoms with Crippen LogP contribution in [0.3, 0.4) is 0 Å². The van der Waals surface area contributed by atoms with Gasteiger partial charge in [-0.25, -0.2) is 0 Å². The monoisotopic (exact) mass is 286 g/mol. The Balaban J connectivity index is 1.71. The zero-order valence-corrected chi connectivity index (χ0v) is 12.1. The molecule has 6 heteroatoms. The van der Waals surface area contributed by atoms with E-state index in [1.54, 1.807) is 19.1 Å². The lowest BCUT2D eigenvalue weighted by Gasteiger charge is -2.09. The number of hydrogen-bond donors (Lipinski definition) is 2. The van der Waals surface area contributed by atoms with Gasteiger partial charge in [0, 0.05) is 11.6 Å². The van der Waals surface area contributed by atoms with Gasteiger partial charge in [0.15, 0.2) is 5.82 Å². The summed E-state index contributed by atoms with van der Waals surface area (Å²) in [5, 5.41) is 20.5. The van der Waals surface area contributed by atoms with Gasteiger partial charge in [0.05, 0.1) is 6.54 Å². The van der Waals surface area contributed by atoms with E-state index in [2.05, 4.69) is 20.1 Å². The largest absolute Gasteiger partial charge is 0.508 e. The van der Waals surface area contributed by atoms with Crippen LogP contribution in [0.25, 0.3) is 0 Å². The summed E-state index contributed by atoms with van der Waals surface area (Å²) in [6.45, 7) is 4.09. The highest BCUT2D eigenvalue weighted by Gasteiger charge is 2.28. The topological polar surface area (TPSA) is 80.0 Å². The van der Waals surface area contributed by atoms with Gasteiger partial charge >= 0.3 is 0 Å². The van der Waals surface area contributed by atoms with Crippen molar-refractivity contribution >= 4 is 5.91 Å². The molecule has 0 bridgehead atoms. The molecule has 1 aliphatic carbocycles. The summed E-state index contributed by atoms with van der Waals surface area (Å²) in [6.07, 6.45) is 2.30. The third-order valence-electron chi connectivity index (χ3n) is 3.71. The number of hydrogen-bond acceptors (Lipinski definition) is 4. The van der Waals surface area contributed by atoms with Crippen LogP contribution in [-0.2, 0) is 6.54 Å². The SMILES string of the molecule is Cc1cc(O)ccc1C(=O)NCc1nnc(C)n1C1CC1. The van der Waals surface area contributed by atoms with Crippen molar-refractivity contribution in [1.29, 1.82) is 0 Å². The molecule has 0 aliphatic heterocycles. The molecule has 0 radical (unpaired) electrons. The second-order valence-corrected chi connectivity index (χ2v) is 5.45. The molecule has 2 N–H and O–H groups in total. The van der Waals surface area contributed by atoms with Gasteiger partial charge in [0.25, 0.3) is 5.91 Å². The normalized spacial score (nSPS) is 14.2. The average Bonchev–Trinajstić information content (AvgIpc) is 3.20. The zero-order valence-electron chi connectivity index (χ0n) is 12.1. The van der Waals surface area contributed by atoms with E-state index < -0.39 is 0 Å². The van der Waals surface area contributed by atoms with E-state index in [9.17, 15) is 9.90 Å². The molecule has 1 fully saturated rings. The fourth-order valence-corrected chi connectivity index (χ4v) is 2.50. The van der Waals surface area contributed by atoms with Crippen LogP contribution in [0.4, 0.5) is 0 Å². The van der Waals surface area contributed by atoms with Crippen molar-refractivity contribution in [2.75, 3.05) is 0 Å². The van der Waals surface area contributed by atoms with Gasteiger partial charge in [-0.2, -0.15) is 0 Å². The first-order chi connectivity index (χ1) is 10.1. The summed E-state index contributed by atoms with van der Waals surface area (Å²) >= 11 is 0. The molecule has 1 amide bonds. The maximum absolute atomic E-state index is 12.2. The highest BCUT2D eigenvalue weighted by Crippen LogP contribution is 2.36. The molecule has 0 saturated heterocycles. The van der Waals surface area contributed by atoms with Gasteiger partial charge in [0.1, 0.15) is 11.6 Å². The Morgan fingerprint density at radius 3 is 2.81 bits per heavy atom. The molecular formula is C15H18N4O2. The number of aromatic nitrogens is 3. The standard InChI is InChI=1S/C15H18N4O2/c1-9-7-12(20)5-6-13(9)15(21)16-8-14-18-17-10(2)19(14)11-3-4-11/h5-7,11,20H,3-4,8H2,1-2H3,(H,16,21). The minimum atomic E-state index is -0.171. The first kappa shape index (κ1) is 13.6. The average molecular weight is 286 g/mol. The molecule has 1 heterocycles. The number of benzene rings is 1. The van der Waals surface area contributed by atoms with Crippen molar-refractivity contribution in [2.45, 2.75) is 39.3 Å². The second-order valence-electron chi connectivity index (χ2n) is 5.45. The van der Waals surface area contributed by atoms with Crippen LogP contribution in [0.5, 0.6) is 5.75 Å². The molecule has 1 saturated carbocycles. The fraction of sp³-hybridized carbons (Fsp3) is 0.400. The van der Waals surface area contributed by atoms with E-state index in [-0.39, 0.29) is 11.7 Å². The zero-order chi connectivity index (χ0) is 15.0. The number of nitrogens with zero attached hydrogens (tertiary/aromatic N) is 3. The van der Waals surface area contributed by atoms with Crippen molar-refractivity contribution < 1.29 is 9.90 Å². The molecule has 3 rings (SSSR count). The molecule has 1 aromatic heterocycles. The molecule has 6 nitrogen and oxygen atoms in total. The fourth-order valence-electron chi connectivity index (χ4n) is 2.50. The number of aryl methyl sites for hydroxylation is 2. The smallest absolute Gasteiger partial charge is 0.251 e. The van der Waals surface area contributed by atoms with Gasteiger partial charge in [-0.15, -0.1) is 10.2 Å². The van der Waals surface area contributed by atoms with Crippen LogP contribution < -0.4 is 5.32 Å². The van der Waals surface area contributed by atoms with Crippen LogP contribution in [0.2, 0.25) is 0 Å². The summed E-state index contributed by atoms with van der Waals surface area (Å²) in [7, 11) is 0. The van der Waals surface area contributed by atoms with E-state index >= 15 is 0 Å². The van der Waals surface area contributed by atoms with Crippen LogP contribution in [0, 0.1) is 13.8 Å². The molecular weight excluding hydrogens is 268 g/mol. The number of aromatic hydroxyl groups is 1. The minimum Gasteiger partial charge on any atom is -0.508 e. The Labute approximate surface area is 122 Å². The Morgan fingerprint density at radius 2 is 2.14 bits per heavy atom. The van der Waals surface area contributed by atoms with Gasteiger partial charge in [0.2, 0.25) is 0 Å². The van der Waals surface area contributed by atoms with Crippen LogP contribution >= 0.6 is 0 Å². The third kappa shape index (κ3) is 2.74. The predicted molar refractivity (Wildman–Crippen MR) is 77.0 cm³/mol. The summed E-state index contributed by atoms with van der Waals surface area (Å²) in [6, 6.07) is 5.20. The third-order valence-corrected chi connectivity index (χ3v) is 3.71. The lowest BCUT2D eigenvalue weighted by molar-refractivity contribution is 0.0948. The van der Waals surface area contributed by atoms with E-state index in [0.29, 0.717) is 18.2 Å². The molecule has 1 aromatic carbocycles. The quantitative estimate of drug-likeness (QED) is 0.899. The Hall–Kier alpha value is -2.37. The molecule has 0 spiro atoms. The van der Waals surface area contributed by atoms with Crippen molar-refractivity contribution in [3.63, 3.8) is 0 Å². The molecule has 21 heavy (non-hydrogen) atoms. The molecule has 1 aliphatic rings. The number of rotatable bonds is 4. The van der Waals surface area contributed by atoms with Gasteiger partial charge in [-0.1, -0.05) is 0 Å². The van der Waals surface area contributed by atoms with E-state index in [1.165, 1.54) is 6.07 Å². The number of phenols is 1. The molecule has 2 aromatic rings. The summed E-state index contributed by atoms with van der Waals surface area (Å²) < 4.78 is 2.10. The van der Waals surface area contributed by atoms with E-state index in [0.717, 1.165) is 30.1 Å². The number of nitrogens with one attached hydrogen (secondary N) is 1. The van der Waals surface area contributed by atoms with Gasteiger partial charge < -0.3 is 15.0 Å². The Kier molecular flexibility index (Phi) is 3.37. The number of phenolic OH excluding ortho intramolecular Hbond substituents is 1. The minimum absolute atomic E-state index is 0.160. The lowest BCUT2D eigenvalue weighted by atomic mass is 10.1.